The number of nitro groups is 1. The fourth-order valence-corrected chi connectivity index (χ4v) is 3.36. The van der Waals surface area contributed by atoms with Gasteiger partial charge in [-0.2, -0.15) is 0 Å². The van der Waals surface area contributed by atoms with Gasteiger partial charge in [0.2, 0.25) is 0 Å². The number of rotatable bonds is 4. The summed E-state index contributed by atoms with van der Waals surface area (Å²) >= 11 is 0. The molecular formula is C19H19N5O2. The second kappa shape index (κ2) is 7.05. The van der Waals surface area contributed by atoms with Gasteiger partial charge in [-0.3, -0.25) is 15.0 Å². The van der Waals surface area contributed by atoms with E-state index in [-0.39, 0.29) is 10.6 Å². The molecule has 0 radical (unpaired) electrons. The van der Waals surface area contributed by atoms with Crippen molar-refractivity contribution in [2.75, 3.05) is 31.1 Å². The normalized spacial score (nSPS) is 15.3. The van der Waals surface area contributed by atoms with E-state index in [0.717, 1.165) is 49.4 Å². The molecule has 2 heterocycles. The molecule has 0 spiro atoms. The van der Waals surface area contributed by atoms with Crippen molar-refractivity contribution in [2.45, 2.75) is 6.54 Å². The number of nitro benzene ring substituents is 1. The second-order valence-electron chi connectivity index (χ2n) is 6.40. The van der Waals surface area contributed by atoms with Gasteiger partial charge in [-0.25, -0.2) is 9.97 Å². The zero-order valence-corrected chi connectivity index (χ0v) is 14.3. The average molecular weight is 349 g/mol. The fraction of sp³-hybridized carbons (Fsp3) is 0.263. The van der Waals surface area contributed by atoms with Gasteiger partial charge in [-0.15, -0.1) is 0 Å². The van der Waals surface area contributed by atoms with E-state index in [1.54, 1.807) is 12.1 Å². The highest BCUT2D eigenvalue weighted by Gasteiger charge is 2.21. The molecule has 26 heavy (non-hydrogen) atoms. The number of hydrogen-bond acceptors (Lipinski definition) is 6. The second-order valence-corrected chi connectivity index (χ2v) is 6.40. The topological polar surface area (TPSA) is 75.4 Å². The van der Waals surface area contributed by atoms with E-state index < -0.39 is 0 Å². The van der Waals surface area contributed by atoms with Crippen molar-refractivity contribution in [1.82, 2.24) is 14.9 Å². The Kier molecular flexibility index (Phi) is 4.45. The third-order valence-electron chi connectivity index (χ3n) is 4.73. The molecule has 1 saturated heterocycles. The summed E-state index contributed by atoms with van der Waals surface area (Å²) in [6.45, 7) is 4.46. The number of non-ortho nitro benzene ring substituents is 1. The van der Waals surface area contributed by atoms with E-state index >= 15 is 0 Å². The molecule has 0 atom stereocenters. The Labute approximate surface area is 151 Å². The number of piperazine rings is 1. The number of fused-ring (bicyclic) bond motifs is 1. The lowest BCUT2D eigenvalue weighted by Gasteiger charge is -2.35. The van der Waals surface area contributed by atoms with Crippen LogP contribution in [0.15, 0.2) is 54.9 Å². The van der Waals surface area contributed by atoms with Crippen LogP contribution >= 0.6 is 0 Å². The Morgan fingerprint density at radius 3 is 2.50 bits per heavy atom. The summed E-state index contributed by atoms with van der Waals surface area (Å²) < 4.78 is 0. The van der Waals surface area contributed by atoms with E-state index in [9.17, 15) is 10.1 Å². The van der Waals surface area contributed by atoms with Gasteiger partial charge in [0.15, 0.2) is 0 Å². The van der Waals surface area contributed by atoms with Crippen molar-refractivity contribution in [2.24, 2.45) is 0 Å². The van der Waals surface area contributed by atoms with Gasteiger partial charge in [0.1, 0.15) is 12.1 Å². The van der Waals surface area contributed by atoms with Crippen molar-refractivity contribution in [3.8, 4) is 0 Å². The van der Waals surface area contributed by atoms with Crippen molar-refractivity contribution in [1.29, 1.82) is 0 Å². The van der Waals surface area contributed by atoms with Crippen molar-refractivity contribution >= 4 is 22.4 Å². The predicted molar refractivity (Wildman–Crippen MR) is 100 cm³/mol. The van der Waals surface area contributed by atoms with Crippen LogP contribution in [-0.2, 0) is 6.54 Å². The number of benzene rings is 2. The van der Waals surface area contributed by atoms with E-state index in [4.69, 9.17) is 0 Å². The SMILES string of the molecule is O=[N+]([O-])c1ccc2ncnc(N3CCN(Cc4ccccc4)CC3)c2c1. The molecule has 0 unspecified atom stereocenters. The highest BCUT2D eigenvalue weighted by atomic mass is 16.6. The molecule has 0 saturated carbocycles. The number of hydrogen-bond donors (Lipinski definition) is 0. The van der Waals surface area contributed by atoms with E-state index in [1.807, 2.05) is 6.07 Å². The molecule has 0 N–H and O–H groups in total. The minimum Gasteiger partial charge on any atom is -0.353 e. The molecule has 4 rings (SSSR count). The van der Waals surface area contributed by atoms with E-state index in [1.165, 1.54) is 18.0 Å². The summed E-state index contributed by atoms with van der Waals surface area (Å²) in [6.07, 6.45) is 1.53. The molecule has 0 aliphatic carbocycles. The molecule has 7 heteroatoms. The zero-order chi connectivity index (χ0) is 17.9. The molecule has 0 amide bonds. The Balaban J connectivity index is 1.52. The third-order valence-corrected chi connectivity index (χ3v) is 4.73. The molecule has 1 aliphatic heterocycles. The van der Waals surface area contributed by atoms with Crippen LogP contribution in [0, 0.1) is 10.1 Å². The van der Waals surface area contributed by atoms with Crippen LogP contribution in [0.2, 0.25) is 0 Å². The lowest BCUT2D eigenvalue weighted by molar-refractivity contribution is -0.384. The highest BCUT2D eigenvalue weighted by molar-refractivity contribution is 5.91. The van der Waals surface area contributed by atoms with Crippen LogP contribution < -0.4 is 4.90 Å². The van der Waals surface area contributed by atoms with Crippen LogP contribution in [0.4, 0.5) is 11.5 Å². The lowest BCUT2D eigenvalue weighted by atomic mass is 10.1. The minimum atomic E-state index is -0.381. The van der Waals surface area contributed by atoms with Crippen molar-refractivity contribution < 1.29 is 4.92 Å². The van der Waals surface area contributed by atoms with Gasteiger partial charge in [-0.1, -0.05) is 30.3 Å². The Morgan fingerprint density at radius 2 is 1.77 bits per heavy atom. The minimum absolute atomic E-state index is 0.0660. The lowest BCUT2D eigenvalue weighted by Crippen LogP contribution is -2.46. The summed E-state index contributed by atoms with van der Waals surface area (Å²) in [5, 5.41) is 11.8. The third kappa shape index (κ3) is 3.34. The Morgan fingerprint density at radius 1 is 1.00 bits per heavy atom. The van der Waals surface area contributed by atoms with Gasteiger partial charge in [0, 0.05) is 50.2 Å². The van der Waals surface area contributed by atoms with E-state index in [0.29, 0.717) is 0 Å². The Hall–Kier alpha value is -3.06. The van der Waals surface area contributed by atoms with Gasteiger partial charge < -0.3 is 4.90 Å². The van der Waals surface area contributed by atoms with Gasteiger partial charge in [0.25, 0.3) is 5.69 Å². The number of anilines is 1. The number of aromatic nitrogens is 2. The molecule has 0 bridgehead atoms. The van der Waals surface area contributed by atoms with Gasteiger partial charge in [0.05, 0.1) is 10.4 Å². The summed E-state index contributed by atoms with van der Waals surface area (Å²) in [7, 11) is 0. The summed E-state index contributed by atoms with van der Waals surface area (Å²) in [5.74, 6) is 0.776. The standard InChI is InChI=1S/C19H19N5O2/c25-24(26)16-6-7-18-17(12-16)19(21-14-20-18)23-10-8-22(9-11-23)13-15-4-2-1-3-5-15/h1-7,12,14H,8-11,13H2. The largest absolute Gasteiger partial charge is 0.353 e. The van der Waals surface area contributed by atoms with Crippen LogP contribution in [0.25, 0.3) is 10.9 Å². The quantitative estimate of drug-likeness (QED) is 0.532. The molecule has 1 aromatic heterocycles. The fourth-order valence-electron chi connectivity index (χ4n) is 3.36. The molecule has 2 aromatic carbocycles. The molecule has 132 valence electrons. The summed E-state index contributed by atoms with van der Waals surface area (Å²) in [4.78, 5) is 24.0. The summed E-state index contributed by atoms with van der Waals surface area (Å²) in [6, 6.07) is 15.2. The first kappa shape index (κ1) is 16.4. The first-order chi connectivity index (χ1) is 12.7. The average Bonchev–Trinajstić information content (AvgIpc) is 2.68. The van der Waals surface area contributed by atoms with Crippen LogP contribution in [0.1, 0.15) is 5.56 Å². The summed E-state index contributed by atoms with van der Waals surface area (Å²) in [5.41, 5.74) is 2.10. The maximum absolute atomic E-state index is 11.1. The number of nitrogens with zero attached hydrogens (tertiary/aromatic N) is 5. The van der Waals surface area contributed by atoms with Crippen LogP contribution in [0.5, 0.6) is 0 Å². The molecular weight excluding hydrogens is 330 g/mol. The first-order valence-electron chi connectivity index (χ1n) is 8.61. The molecule has 1 fully saturated rings. The molecule has 1 aliphatic rings. The molecule has 7 nitrogen and oxygen atoms in total. The predicted octanol–water partition coefficient (Wildman–Crippen LogP) is 2.86. The first-order valence-corrected chi connectivity index (χ1v) is 8.61. The Bertz CT molecular complexity index is 924. The van der Waals surface area contributed by atoms with Crippen molar-refractivity contribution in [3.63, 3.8) is 0 Å². The highest BCUT2D eigenvalue weighted by Crippen LogP contribution is 2.27. The zero-order valence-electron chi connectivity index (χ0n) is 14.3. The molecule has 3 aromatic rings. The van der Waals surface area contributed by atoms with Crippen LogP contribution in [-0.4, -0.2) is 46.0 Å². The smallest absolute Gasteiger partial charge is 0.270 e. The van der Waals surface area contributed by atoms with E-state index in [2.05, 4.69) is 44.0 Å². The monoisotopic (exact) mass is 349 g/mol. The van der Waals surface area contributed by atoms with Crippen LogP contribution in [0.3, 0.4) is 0 Å². The maximum Gasteiger partial charge on any atom is 0.270 e. The van der Waals surface area contributed by atoms with Gasteiger partial charge in [-0.05, 0) is 11.6 Å². The van der Waals surface area contributed by atoms with Crippen molar-refractivity contribution in [3.05, 3.63) is 70.5 Å². The maximum atomic E-state index is 11.1. The van der Waals surface area contributed by atoms with Gasteiger partial charge >= 0.3 is 0 Å².